The number of hydrogen-bond donors (Lipinski definition) is 0. The van der Waals surface area contributed by atoms with E-state index in [0.717, 1.165) is 0 Å². The number of alkyl halides is 26. The summed E-state index contributed by atoms with van der Waals surface area (Å²) in [5, 5.41) is -27.9. The molecule has 0 saturated heterocycles. The molecule has 0 spiro atoms. The smallest absolute Gasteiger partial charge is 0.211 e. The van der Waals surface area contributed by atoms with Crippen LogP contribution in [0.2, 0.25) is 0 Å². The Labute approximate surface area is 212 Å². The average Bonchev–Trinajstić information content (AvgIpc) is 2.64. The molecule has 2 atom stereocenters. The van der Waals surface area contributed by atoms with Gasteiger partial charge in [-0.3, -0.25) is 0 Å². The summed E-state index contributed by atoms with van der Waals surface area (Å²) < 4.78 is 293. The van der Waals surface area contributed by atoms with E-state index in [1.165, 1.54) is 0 Å². The van der Waals surface area contributed by atoms with Gasteiger partial charge in [0.25, 0.3) is 0 Å². The van der Waals surface area contributed by atoms with Crippen molar-refractivity contribution in [1.82, 2.24) is 0 Å². The number of halogens is 26. The molecular formula is C12Cl4F22. The molecule has 0 N–H and O–H groups in total. The predicted octanol–water partition coefficient (Wildman–Crippen LogP) is 9.54. The standard InChI is InChI=1S/C12Cl4F22/c13-1(17,11(15,35)36)3(19,20)5(23,24)7(27,28)9(31,32)10(33,34)8(29,30)6(25,26)4(21,22)2(14,18)12(16,37)38/t1-,2+. The molecule has 0 fully saturated rings. The van der Waals surface area contributed by atoms with E-state index in [1.807, 2.05) is 0 Å². The molecule has 0 aliphatic rings. The maximum absolute atomic E-state index is 13.6. The third-order valence-electron chi connectivity index (χ3n) is 4.26. The molecule has 0 nitrogen and oxygen atoms in total. The molecule has 0 saturated carbocycles. The Hall–Kier alpha value is -0.380. The molecule has 38 heavy (non-hydrogen) atoms. The second kappa shape index (κ2) is 9.06. The Balaban J connectivity index is 7.29. The van der Waals surface area contributed by atoms with Crippen molar-refractivity contribution >= 4 is 46.4 Å². The van der Waals surface area contributed by atoms with Crippen molar-refractivity contribution in [2.75, 3.05) is 0 Å². The molecule has 0 aromatic carbocycles. The van der Waals surface area contributed by atoms with E-state index in [9.17, 15) is 96.6 Å². The van der Waals surface area contributed by atoms with E-state index in [4.69, 9.17) is 0 Å². The highest BCUT2D eigenvalue weighted by Crippen LogP contribution is 2.68. The van der Waals surface area contributed by atoms with Crippen molar-refractivity contribution in [2.24, 2.45) is 0 Å². The maximum Gasteiger partial charge on any atom is 0.385 e. The summed E-state index contributed by atoms with van der Waals surface area (Å²) in [7, 11) is 0. The normalized spacial score (nSPS) is 19.7. The van der Waals surface area contributed by atoms with E-state index >= 15 is 0 Å². The highest BCUT2D eigenvalue weighted by atomic mass is 35.5. The fourth-order valence-electron chi connectivity index (χ4n) is 1.93. The first-order valence-corrected chi connectivity index (χ1v) is 9.18. The molecule has 0 radical (unpaired) electrons. The summed E-state index contributed by atoms with van der Waals surface area (Å²) in [5.41, 5.74) is 0. The van der Waals surface area contributed by atoms with E-state index in [0.29, 0.717) is 0 Å². The third kappa shape index (κ3) is 4.39. The van der Waals surface area contributed by atoms with Gasteiger partial charge in [-0.2, -0.15) is 87.8 Å². The minimum Gasteiger partial charge on any atom is -0.211 e. The second-order valence-corrected chi connectivity index (χ2v) is 8.73. The van der Waals surface area contributed by atoms with Crippen molar-refractivity contribution in [2.45, 2.75) is 68.4 Å². The zero-order valence-electron chi connectivity index (χ0n) is 15.8. The monoisotopic (exact) mass is 702 g/mol. The van der Waals surface area contributed by atoms with Crippen LogP contribution in [0.1, 0.15) is 0 Å². The Morgan fingerprint density at radius 1 is 0.211 bits per heavy atom. The summed E-state index contributed by atoms with van der Waals surface area (Å²) in [6.07, 6.45) is 0. The van der Waals surface area contributed by atoms with Crippen LogP contribution < -0.4 is 0 Å². The number of rotatable bonds is 11. The van der Waals surface area contributed by atoms with Crippen LogP contribution in [-0.2, 0) is 0 Å². The lowest BCUT2D eigenvalue weighted by Gasteiger charge is -2.46. The van der Waals surface area contributed by atoms with E-state index in [2.05, 4.69) is 46.4 Å². The lowest BCUT2D eigenvalue weighted by Crippen LogP contribution is -2.78. The van der Waals surface area contributed by atoms with Gasteiger partial charge in [0.05, 0.1) is 0 Å². The Morgan fingerprint density at radius 2 is 0.316 bits per heavy atom. The average molecular weight is 704 g/mol. The molecule has 0 bridgehead atoms. The van der Waals surface area contributed by atoms with Crippen molar-refractivity contribution < 1.29 is 96.6 Å². The molecule has 0 aromatic rings. The molecule has 0 aliphatic heterocycles. The van der Waals surface area contributed by atoms with Crippen LogP contribution in [0, 0.1) is 0 Å². The highest BCUT2D eigenvalue weighted by molar-refractivity contribution is 6.33. The molecule has 0 heterocycles. The molecule has 0 aliphatic carbocycles. The van der Waals surface area contributed by atoms with Crippen molar-refractivity contribution in [3.05, 3.63) is 0 Å². The van der Waals surface area contributed by atoms with Crippen LogP contribution in [0.25, 0.3) is 0 Å². The molecule has 230 valence electrons. The Kier molecular flexibility index (Phi) is 8.97. The first-order valence-electron chi connectivity index (χ1n) is 7.66. The highest BCUT2D eigenvalue weighted by Gasteiger charge is 2.98. The van der Waals surface area contributed by atoms with E-state index < -0.39 is 68.4 Å². The maximum atomic E-state index is 13.6. The van der Waals surface area contributed by atoms with Gasteiger partial charge in [0.1, 0.15) is 0 Å². The summed E-state index contributed by atoms with van der Waals surface area (Å²) in [5.74, 6) is -71.6. The van der Waals surface area contributed by atoms with Gasteiger partial charge in [-0.1, -0.05) is 23.2 Å². The predicted molar refractivity (Wildman–Crippen MR) is 80.6 cm³/mol. The van der Waals surface area contributed by atoms with Gasteiger partial charge in [-0.15, -0.1) is 0 Å². The molecule has 0 rings (SSSR count). The zero-order valence-corrected chi connectivity index (χ0v) is 18.9. The lowest BCUT2D eigenvalue weighted by molar-refractivity contribution is -0.462. The fourth-order valence-corrected chi connectivity index (χ4v) is 2.41. The quantitative estimate of drug-likeness (QED) is 0.149. The van der Waals surface area contributed by atoms with Gasteiger partial charge >= 0.3 is 68.4 Å². The van der Waals surface area contributed by atoms with E-state index in [-0.39, 0.29) is 0 Å². The minimum absolute atomic E-state index is 3.48. The molecule has 0 amide bonds. The summed E-state index contributed by atoms with van der Waals surface area (Å²) in [4.78, 5) is 0. The van der Waals surface area contributed by atoms with Gasteiger partial charge in [-0.05, 0) is 23.2 Å². The SMILES string of the molecule is FC(F)(C(F)(F)C(F)(F)C(F)(F)C(F)(F)[C@](F)(Cl)C(F)(F)Cl)C(F)(F)C(F)(F)C(F)(F)[C@@](F)(Cl)C(F)(F)Cl. The van der Waals surface area contributed by atoms with Gasteiger partial charge in [0.15, 0.2) is 0 Å². The second-order valence-electron chi connectivity index (χ2n) is 6.74. The third-order valence-corrected chi connectivity index (χ3v) is 5.92. The molecule has 0 unspecified atom stereocenters. The fraction of sp³-hybridized carbons (Fsp3) is 1.00. The van der Waals surface area contributed by atoms with Crippen molar-refractivity contribution in [1.29, 1.82) is 0 Å². The topological polar surface area (TPSA) is 0 Å². The molecule has 0 aromatic heterocycles. The first-order chi connectivity index (χ1) is 15.8. The Bertz CT molecular complexity index is 808. The van der Waals surface area contributed by atoms with Gasteiger partial charge in [0.2, 0.25) is 0 Å². The van der Waals surface area contributed by atoms with Crippen LogP contribution in [-0.4, -0.2) is 68.4 Å². The summed E-state index contributed by atoms with van der Waals surface area (Å²) in [6.45, 7) is 0. The van der Waals surface area contributed by atoms with Crippen LogP contribution >= 0.6 is 46.4 Å². The van der Waals surface area contributed by atoms with Gasteiger partial charge in [-0.25, -0.2) is 8.78 Å². The van der Waals surface area contributed by atoms with Crippen LogP contribution in [0.15, 0.2) is 0 Å². The van der Waals surface area contributed by atoms with Crippen LogP contribution in [0.3, 0.4) is 0 Å². The first kappa shape index (κ1) is 37.6. The lowest BCUT2D eigenvalue weighted by atomic mass is 9.86. The van der Waals surface area contributed by atoms with E-state index in [1.54, 1.807) is 0 Å². The van der Waals surface area contributed by atoms with Gasteiger partial charge < -0.3 is 0 Å². The molecule has 26 heteroatoms. The zero-order chi connectivity index (χ0) is 32.0. The van der Waals surface area contributed by atoms with Crippen molar-refractivity contribution in [3.63, 3.8) is 0 Å². The largest absolute Gasteiger partial charge is 0.385 e. The van der Waals surface area contributed by atoms with Crippen LogP contribution in [0.5, 0.6) is 0 Å². The van der Waals surface area contributed by atoms with Crippen LogP contribution in [0.4, 0.5) is 96.6 Å². The van der Waals surface area contributed by atoms with Gasteiger partial charge in [0, 0.05) is 0 Å². The van der Waals surface area contributed by atoms with Crippen molar-refractivity contribution in [3.8, 4) is 0 Å². The Morgan fingerprint density at radius 3 is 0.421 bits per heavy atom. The minimum atomic E-state index is -9.32. The number of hydrogen-bond acceptors (Lipinski definition) is 0. The summed E-state index contributed by atoms with van der Waals surface area (Å²) in [6, 6.07) is 0. The summed E-state index contributed by atoms with van der Waals surface area (Å²) >= 11 is 14.0. The molecular weight excluding hydrogens is 704 g/mol.